The minimum atomic E-state index is -0.363. The van der Waals surface area contributed by atoms with E-state index in [0.29, 0.717) is 16.5 Å². The van der Waals surface area contributed by atoms with E-state index in [-0.39, 0.29) is 17.0 Å². The molecule has 21 heavy (non-hydrogen) atoms. The Hall–Kier alpha value is -2.05. The zero-order valence-electron chi connectivity index (χ0n) is 11.3. The Bertz CT molecular complexity index is 693. The second-order valence-electron chi connectivity index (χ2n) is 4.83. The molecule has 1 aromatic heterocycles. The molecule has 7 heteroatoms. The lowest BCUT2D eigenvalue weighted by Gasteiger charge is -2.27. The number of benzene rings is 1. The number of piperazine rings is 1. The molecule has 3 rings (SSSR count). The number of aromatic hydroxyl groups is 1. The van der Waals surface area contributed by atoms with E-state index in [2.05, 4.69) is 15.3 Å². The van der Waals surface area contributed by atoms with E-state index in [1.807, 2.05) is 4.90 Å². The second kappa shape index (κ2) is 5.75. The van der Waals surface area contributed by atoms with Crippen molar-refractivity contribution in [2.45, 2.75) is 0 Å². The van der Waals surface area contributed by atoms with Crippen LogP contribution in [-0.4, -0.2) is 41.3 Å². The molecule has 0 atom stereocenters. The van der Waals surface area contributed by atoms with Gasteiger partial charge in [0.15, 0.2) is 0 Å². The van der Waals surface area contributed by atoms with Gasteiger partial charge in [-0.05, 0) is 17.7 Å². The van der Waals surface area contributed by atoms with Crippen LogP contribution in [0.5, 0.6) is 5.88 Å². The van der Waals surface area contributed by atoms with Gasteiger partial charge in [0, 0.05) is 31.2 Å². The van der Waals surface area contributed by atoms with Crippen LogP contribution in [0, 0.1) is 0 Å². The predicted molar refractivity (Wildman–Crippen MR) is 82.1 cm³/mol. The van der Waals surface area contributed by atoms with Crippen LogP contribution in [-0.2, 0) is 0 Å². The molecule has 110 valence electrons. The first-order valence-electron chi connectivity index (χ1n) is 6.70. The van der Waals surface area contributed by atoms with Gasteiger partial charge in [-0.3, -0.25) is 9.78 Å². The minimum absolute atomic E-state index is 0.158. The Morgan fingerprint density at radius 3 is 2.48 bits per heavy atom. The Labute approximate surface area is 126 Å². The third kappa shape index (κ3) is 2.86. The fourth-order valence-corrected chi connectivity index (χ4v) is 2.48. The number of hydrogen-bond donors (Lipinski definition) is 3. The van der Waals surface area contributed by atoms with Crippen LogP contribution in [0.15, 0.2) is 29.1 Å². The molecule has 1 saturated heterocycles. The molecule has 1 fully saturated rings. The molecule has 1 aliphatic rings. The topological polar surface area (TPSA) is 81.2 Å². The maximum atomic E-state index is 12.3. The largest absolute Gasteiger partial charge is 0.493 e. The van der Waals surface area contributed by atoms with Gasteiger partial charge in [-0.25, -0.2) is 0 Å². The van der Waals surface area contributed by atoms with Gasteiger partial charge in [-0.15, -0.1) is 0 Å². The SMILES string of the molecule is O=c1[nH]c(N2CCNCC2)nc(O)c1-c1ccc(Cl)cc1. The Morgan fingerprint density at radius 2 is 1.86 bits per heavy atom. The molecule has 6 nitrogen and oxygen atoms in total. The molecular weight excluding hydrogens is 292 g/mol. The average molecular weight is 307 g/mol. The Kier molecular flexibility index (Phi) is 3.81. The summed E-state index contributed by atoms with van der Waals surface area (Å²) in [4.78, 5) is 21.1. The number of aromatic amines is 1. The summed E-state index contributed by atoms with van der Waals surface area (Å²) in [6.45, 7) is 3.12. The summed E-state index contributed by atoms with van der Waals surface area (Å²) in [6, 6.07) is 6.69. The van der Waals surface area contributed by atoms with Gasteiger partial charge in [0.1, 0.15) is 5.56 Å². The van der Waals surface area contributed by atoms with Crippen molar-refractivity contribution in [2.24, 2.45) is 0 Å². The highest BCUT2D eigenvalue weighted by Gasteiger charge is 2.17. The van der Waals surface area contributed by atoms with Crippen molar-refractivity contribution in [1.82, 2.24) is 15.3 Å². The van der Waals surface area contributed by atoms with E-state index >= 15 is 0 Å². The quantitative estimate of drug-likeness (QED) is 0.777. The molecule has 0 saturated carbocycles. The van der Waals surface area contributed by atoms with Crippen molar-refractivity contribution < 1.29 is 5.11 Å². The van der Waals surface area contributed by atoms with Crippen LogP contribution in [0.2, 0.25) is 5.02 Å². The van der Waals surface area contributed by atoms with E-state index in [0.717, 1.165) is 26.2 Å². The molecule has 2 aromatic rings. The highest BCUT2D eigenvalue weighted by atomic mass is 35.5. The molecule has 3 N–H and O–H groups in total. The zero-order chi connectivity index (χ0) is 14.8. The summed E-state index contributed by atoms with van der Waals surface area (Å²) in [7, 11) is 0. The number of anilines is 1. The molecular formula is C14H15ClN4O2. The van der Waals surface area contributed by atoms with Crippen molar-refractivity contribution >= 4 is 17.5 Å². The first kappa shape index (κ1) is 13.9. The monoisotopic (exact) mass is 306 g/mol. The lowest BCUT2D eigenvalue weighted by atomic mass is 10.1. The first-order valence-corrected chi connectivity index (χ1v) is 7.08. The summed E-state index contributed by atoms with van der Waals surface area (Å²) in [5.74, 6) is 0.131. The zero-order valence-corrected chi connectivity index (χ0v) is 12.0. The van der Waals surface area contributed by atoms with Gasteiger partial charge in [0.25, 0.3) is 5.56 Å². The maximum Gasteiger partial charge on any atom is 0.264 e. The van der Waals surface area contributed by atoms with E-state index in [1.54, 1.807) is 24.3 Å². The van der Waals surface area contributed by atoms with Crippen molar-refractivity contribution in [3.63, 3.8) is 0 Å². The molecule has 0 amide bonds. The van der Waals surface area contributed by atoms with E-state index in [9.17, 15) is 9.90 Å². The highest BCUT2D eigenvalue weighted by Crippen LogP contribution is 2.26. The van der Waals surface area contributed by atoms with Crippen LogP contribution >= 0.6 is 11.6 Å². The molecule has 0 radical (unpaired) electrons. The number of aromatic nitrogens is 2. The third-order valence-corrected chi connectivity index (χ3v) is 3.69. The number of halogens is 1. The lowest BCUT2D eigenvalue weighted by molar-refractivity contribution is 0.451. The average Bonchev–Trinajstić information content (AvgIpc) is 2.49. The van der Waals surface area contributed by atoms with Crippen LogP contribution in [0.1, 0.15) is 0 Å². The van der Waals surface area contributed by atoms with Gasteiger partial charge >= 0.3 is 0 Å². The molecule has 0 aliphatic carbocycles. The van der Waals surface area contributed by atoms with Crippen LogP contribution < -0.4 is 15.8 Å². The summed E-state index contributed by atoms with van der Waals surface area (Å²) in [5, 5.41) is 13.9. The van der Waals surface area contributed by atoms with Gasteiger partial charge in [-0.2, -0.15) is 4.98 Å². The molecule has 0 unspecified atom stereocenters. The van der Waals surface area contributed by atoms with E-state index in [4.69, 9.17) is 11.6 Å². The standard InChI is InChI=1S/C14H15ClN4O2/c15-10-3-1-9(2-4-10)11-12(20)17-14(18-13(11)21)19-7-5-16-6-8-19/h1-4,16H,5-8H2,(H2,17,18,20,21). The van der Waals surface area contributed by atoms with Crippen LogP contribution in [0.4, 0.5) is 5.95 Å². The fourth-order valence-electron chi connectivity index (χ4n) is 2.35. The van der Waals surface area contributed by atoms with Crippen molar-refractivity contribution in [2.75, 3.05) is 31.1 Å². The first-order chi connectivity index (χ1) is 10.1. The number of nitrogens with zero attached hydrogens (tertiary/aromatic N) is 2. The number of rotatable bonds is 2. The number of hydrogen-bond acceptors (Lipinski definition) is 5. The maximum absolute atomic E-state index is 12.3. The lowest BCUT2D eigenvalue weighted by Crippen LogP contribution is -2.44. The van der Waals surface area contributed by atoms with Gasteiger partial charge in [0.2, 0.25) is 11.8 Å². The predicted octanol–water partition coefficient (Wildman–Crippen LogP) is 1.21. The molecule has 1 aromatic carbocycles. The summed E-state index contributed by atoms with van der Waals surface area (Å²) in [5.41, 5.74) is 0.376. The molecule has 0 spiro atoms. The normalized spacial score (nSPS) is 15.2. The van der Waals surface area contributed by atoms with E-state index < -0.39 is 0 Å². The van der Waals surface area contributed by atoms with Crippen molar-refractivity contribution in [1.29, 1.82) is 0 Å². The Balaban J connectivity index is 2.00. The summed E-state index contributed by atoms with van der Waals surface area (Å²) in [6.07, 6.45) is 0. The van der Waals surface area contributed by atoms with Crippen molar-refractivity contribution in [3.05, 3.63) is 39.6 Å². The third-order valence-electron chi connectivity index (χ3n) is 3.44. The smallest absolute Gasteiger partial charge is 0.264 e. The summed E-state index contributed by atoms with van der Waals surface area (Å²) >= 11 is 5.83. The second-order valence-corrected chi connectivity index (χ2v) is 5.27. The van der Waals surface area contributed by atoms with Gasteiger partial charge in [-0.1, -0.05) is 23.7 Å². The Morgan fingerprint density at radius 1 is 1.19 bits per heavy atom. The highest BCUT2D eigenvalue weighted by molar-refractivity contribution is 6.30. The molecule has 0 bridgehead atoms. The van der Waals surface area contributed by atoms with Gasteiger partial charge < -0.3 is 15.3 Å². The fraction of sp³-hybridized carbons (Fsp3) is 0.286. The van der Waals surface area contributed by atoms with Crippen LogP contribution in [0.25, 0.3) is 11.1 Å². The van der Waals surface area contributed by atoms with Crippen molar-refractivity contribution in [3.8, 4) is 17.0 Å². The minimum Gasteiger partial charge on any atom is -0.493 e. The van der Waals surface area contributed by atoms with Gasteiger partial charge in [0.05, 0.1) is 0 Å². The molecule has 2 heterocycles. The number of H-pyrrole nitrogens is 1. The number of nitrogens with one attached hydrogen (secondary N) is 2. The summed E-state index contributed by atoms with van der Waals surface area (Å²) < 4.78 is 0. The van der Waals surface area contributed by atoms with Crippen LogP contribution in [0.3, 0.4) is 0 Å². The molecule has 1 aliphatic heterocycles. The van der Waals surface area contributed by atoms with E-state index in [1.165, 1.54) is 0 Å².